The van der Waals surface area contributed by atoms with Crippen molar-refractivity contribution in [3.8, 4) is 0 Å². The van der Waals surface area contributed by atoms with E-state index in [2.05, 4.69) is 13.8 Å². The maximum atomic E-state index is 12.8. The topological polar surface area (TPSA) is 96.5 Å². The lowest BCUT2D eigenvalue weighted by molar-refractivity contribution is -0.156. The molecule has 0 fully saturated rings. The number of rotatable bonds is 11. The molecule has 0 aliphatic carbocycles. The molecule has 0 N–H and O–H groups in total. The summed E-state index contributed by atoms with van der Waals surface area (Å²) in [6.45, 7) is 11.1. The van der Waals surface area contributed by atoms with Gasteiger partial charge < -0.3 is 19.3 Å². The Morgan fingerprint density at radius 2 is 1.20 bits per heavy atom. The van der Waals surface area contributed by atoms with Gasteiger partial charge >= 0.3 is 12.1 Å². The monoisotopic (exact) mass is 429 g/mol. The summed E-state index contributed by atoms with van der Waals surface area (Å²) in [6.07, 6.45) is 1.11. The third-order valence-electron chi connectivity index (χ3n) is 5.22. The molecular weight excluding hydrogens is 390 g/mol. The van der Waals surface area contributed by atoms with Gasteiger partial charge in [-0.1, -0.05) is 13.8 Å². The maximum Gasteiger partial charge on any atom is 0.410 e. The van der Waals surface area contributed by atoms with Crippen LogP contribution in [0.5, 0.6) is 0 Å². The van der Waals surface area contributed by atoms with Crippen molar-refractivity contribution in [2.75, 3.05) is 34.4 Å². The summed E-state index contributed by atoms with van der Waals surface area (Å²) in [5.74, 6) is -0.761. The Bertz CT molecular complexity index is 595. The fourth-order valence-corrected chi connectivity index (χ4v) is 2.63. The first kappa shape index (κ1) is 27.7. The van der Waals surface area contributed by atoms with Crippen LogP contribution in [0.2, 0.25) is 0 Å². The minimum Gasteiger partial charge on any atom is -0.464 e. The van der Waals surface area contributed by atoms with Crippen LogP contribution in [0.25, 0.3) is 0 Å². The largest absolute Gasteiger partial charge is 0.464 e. The summed E-state index contributed by atoms with van der Waals surface area (Å²) in [5.41, 5.74) is 0. The number of likely N-dealkylation sites (N-methyl/N-ethyl adjacent to an activating group) is 3. The summed E-state index contributed by atoms with van der Waals surface area (Å²) >= 11 is 0. The van der Waals surface area contributed by atoms with Crippen molar-refractivity contribution in [2.24, 2.45) is 5.92 Å². The fourth-order valence-electron chi connectivity index (χ4n) is 2.63. The van der Waals surface area contributed by atoms with Gasteiger partial charge in [0.15, 0.2) is 0 Å². The molecule has 3 atom stereocenters. The van der Waals surface area contributed by atoms with E-state index in [-0.39, 0.29) is 6.61 Å². The van der Waals surface area contributed by atoms with Crippen LogP contribution < -0.4 is 0 Å². The summed E-state index contributed by atoms with van der Waals surface area (Å²) in [4.78, 5) is 53.3. The predicted octanol–water partition coefficient (Wildman–Crippen LogP) is 2.14. The van der Waals surface area contributed by atoms with E-state index in [0.29, 0.717) is 12.5 Å². The van der Waals surface area contributed by atoms with Crippen molar-refractivity contribution in [1.82, 2.24) is 14.7 Å². The highest BCUT2D eigenvalue weighted by molar-refractivity contribution is 5.92. The van der Waals surface area contributed by atoms with Crippen LogP contribution in [-0.4, -0.2) is 91.1 Å². The van der Waals surface area contributed by atoms with Gasteiger partial charge in [0.05, 0.1) is 13.2 Å². The van der Waals surface area contributed by atoms with E-state index >= 15 is 0 Å². The van der Waals surface area contributed by atoms with E-state index in [4.69, 9.17) is 9.47 Å². The number of carbonyl (C=O) groups is 4. The predicted molar refractivity (Wildman–Crippen MR) is 114 cm³/mol. The van der Waals surface area contributed by atoms with Gasteiger partial charge in [0.1, 0.15) is 18.1 Å². The number of amides is 3. The van der Waals surface area contributed by atoms with Crippen molar-refractivity contribution in [1.29, 1.82) is 0 Å². The first-order valence-corrected chi connectivity index (χ1v) is 10.5. The van der Waals surface area contributed by atoms with Crippen LogP contribution in [0.1, 0.15) is 54.4 Å². The van der Waals surface area contributed by atoms with E-state index in [1.165, 1.54) is 35.8 Å². The SMILES string of the molecule is CCOC(=O)N(C)C(C)C(=O)N(C)C(C)C(=O)N(C)C(C)C(=O)OCCCC(C)C. The second-order valence-corrected chi connectivity index (χ2v) is 7.94. The fraction of sp³-hybridized carbons (Fsp3) is 0.810. The highest BCUT2D eigenvalue weighted by Gasteiger charge is 2.34. The lowest BCUT2D eigenvalue weighted by Gasteiger charge is -2.33. The molecule has 174 valence electrons. The third-order valence-corrected chi connectivity index (χ3v) is 5.22. The quantitative estimate of drug-likeness (QED) is 0.369. The van der Waals surface area contributed by atoms with Crippen molar-refractivity contribution < 1.29 is 28.7 Å². The minimum absolute atomic E-state index is 0.199. The zero-order valence-electron chi connectivity index (χ0n) is 19.9. The van der Waals surface area contributed by atoms with Crippen molar-refractivity contribution >= 4 is 23.9 Å². The van der Waals surface area contributed by atoms with E-state index in [1.807, 2.05) is 0 Å². The van der Waals surface area contributed by atoms with Gasteiger partial charge in [-0.15, -0.1) is 0 Å². The molecule has 0 aromatic heterocycles. The van der Waals surface area contributed by atoms with E-state index < -0.39 is 42.0 Å². The number of hydrogen-bond acceptors (Lipinski definition) is 6. The molecular formula is C21H39N3O6. The number of hydrogen-bond donors (Lipinski definition) is 0. The summed E-state index contributed by atoms with van der Waals surface area (Å²) in [6, 6.07) is -2.41. The van der Waals surface area contributed by atoms with Crippen LogP contribution in [0.3, 0.4) is 0 Å². The van der Waals surface area contributed by atoms with E-state index in [9.17, 15) is 19.2 Å². The first-order chi connectivity index (χ1) is 13.9. The van der Waals surface area contributed by atoms with Gasteiger partial charge in [-0.3, -0.25) is 14.5 Å². The van der Waals surface area contributed by atoms with Gasteiger partial charge in [0, 0.05) is 21.1 Å². The number of nitrogens with zero attached hydrogens (tertiary/aromatic N) is 3. The normalized spacial score (nSPS) is 13.8. The Hall–Kier alpha value is -2.32. The average molecular weight is 430 g/mol. The Labute approximate surface area is 180 Å². The van der Waals surface area contributed by atoms with Crippen molar-refractivity contribution in [2.45, 2.75) is 72.5 Å². The van der Waals surface area contributed by atoms with E-state index in [1.54, 1.807) is 27.7 Å². The summed E-state index contributed by atoms with van der Waals surface area (Å²) < 4.78 is 10.2. The molecule has 0 aliphatic heterocycles. The molecule has 0 bridgehead atoms. The molecule has 3 amide bonds. The molecule has 0 aromatic carbocycles. The molecule has 0 aromatic rings. The number of carbonyl (C=O) groups excluding carboxylic acids is 4. The lowest BCUT2D eigenvalue weighted by Crippen LogP contribution is -2.54. The third kappa shape index (κ3) is 8.20. The minimum atomic E-state index is -0.822. The van der Waals surface area contributed by atoms with Crippen LogP contribution in [0.4, 0.5) is 4.79 Å². The molecule has 0 saturated carbocycles. The Kier molecular flexibility index (Phi) is 12.1. The Balaban J connectivity index is 4.89. The second-order valence-electron chi connectivity index (χ2n) is 7.94. The van der Waals surface area contributed by atoms with Crippen molar-refractivity contribution in [3.63, 3.8) is 0 Å². The summed E-state index contributed by atoms with van der Waals surface area (Å²) in [5, 5.41) is 0. The van der Waals surface area contributed by atoms with Crippen molar-refractivity contribution in [3.05, 3.63) is 0 Å². The molecule has 30 heavy (non-hydrogen) atoms. The highest BCUT2D eigenvalue weighted by Crippen LogP contribution is 2.11. The summed E-state index contributed by atoms with van der Waals surface area (Å²) in [7, 11) is 4.46. The first-order valence-electron chi connectivity index (χ1n) is 10.5. The van der Waals surface area contributed by atoms with Crippen LogP contribution in [-0.2, 0) is 23.9 Å². The van der Waals surface area contributed by atoms with Gasteiger partial charge in [-0.05, 0) is 46.5 Å². The Morgan fingerprint density at radius 1 is 0.733 bits per heavy atom. The molecule has 0 saturated heterocycles. The lowest BCUT2D eigenvalue weighted by atomic mass is 10.1. The smallest absolute Gasteiger partial charge is 0.410 e. The van der Waals surface area contributed by atoms with Crippen LogP contribution in [0.15, 0.2) is 0 Å². The van der Waals surface area contributed by atoms with E-state index in [0.717, 1.165) is 12.8 Å². The van der Waals surface area contributed by atoms with Crippen LogP contribution >= 0.6 is 0 Å². The highest BCUT2D eigenvalue weighted by atomic mass is 16.6. The molecule has 3 unspecified atom stereocenters. The van der Waals surface area contributed by atoms with Gasteiger partial charge in [0.25, 0.3) is 0 Å². The number of esters is 1. The van der Waals surface area contributed by atoms with Crippen LogP contribution in [0, 0.1) is 5.92 Å². The zero-order valence-corrected chi connectivity index (χ0v) is 19.9. The standard InChI is InChI=1S/C21H39N3O6/c1-10-29-21(28)24(9)16(5)19(26)22(7)15(4)18(25)23(8)17(6)20(27)30-13-11-12-14(2)3/h14-17H,10-13H2,1-9H3. The molecule has 9 heteroatoms. The molecule has 0 radical (unpaired) electrons. The van der Waals surface area contributed by atoms with Gasteiger partial charge in [0.2, 0.25) is 11.8 Å². The average Bonchev–Trinajstić information content (AvgIpc) is 2.72. The molecule has 0 heterocycles. The Morgan fingerprint density at radius 3 is 1.67 bits per heavy atom. The molecule has 9 nitrogen and oxygen atoms in total. The van der Waals surface area contributed by atoms with Gasteiger partial charge in [-0.2, -0.15) is 0 Å². The second kappa shape index (κ2) is 13.1. The zero-order chi connectivity index (χ0) is 23.6. The molecule has 0 aliphatic rings. The van der Waals surface area contributed by atoms with Gasteiger partial charge in [-0.25, -0.2) is 9.59 Å². The molecule has 0 spiro atoms. The maximum absolute atomic E-state index is 12.8. The number of ether oxygens (including phenoxy) is 2. The molecule has 0 rings (SSSR count).